The van der Waals surface area contributed by atoms with Gasteiger partial charge in [-0.3, -0.25) is 4.79 Å². The van der Waals surface area contributed by atoms with Crippen LogP contribution in [0.2, 0.25) is 0 Å². The van der Waals surface area contributed by atoms with Gasteiger partial charge in [0.25, 0.3) is 0 Å². The predicted octanol–water partition coefficient (Wildman–Crippen LogP) is 4.34. The highest BCUT2D eigenvalue weighted by Crippen LogP contribution is 2.39. The molecule has 1 heterocycles. The van der Waals surface area contributed by atoms with Crippen molar-refractivity contribution in [3.8, 4) is 11.5 Å². The predicted molar refractivity (Wildman–Crippen MR) is 94.4 cm³/mol. The molecule has 2 aliphatic rings. The zero-order valence-electron chi connectivity index (χ0n) is 14.9. The second kappa shape index (κ2) is 7.91. The van der Waals surface area contributed by atoms with Crippen LogP contribution in [-0.2, 0) is 4.79 Å². The molecular weight excluding hydrogens is 302 g/mol. The van der Waals surface area contributed by atoms with E-state index < -0.39 is 0 Å². The fourth-order valence-electron chi connectivity index (χ4n) is 4.25. The molecule has 24 heavy (non-hydrogen) atoms. The minimum absolute atomic E-state index is 0.141. The molecule has 0 N–H and O–H groups in total. The summed E-state index contributed by atoms with van der Waals surface area (Å²) in [6, 6.07) is 6.05. The van der Waals surface area contributed by atoms with Gasteiger partial charge in [-0.05, 0) is 37.3 Å². The molecule has 1 aliphatic heterocycles. The number of rotatable bonds is 6. The van der Waals surface area contributed by atoms with E-state index in [1.54, 1.807) is 14.2 Å². The van der Waals surface area contributed by atoms with E-state index in [4.69, 9.17) is 9.47 Å². The topological polar surface area (TPSA) is 38.8 Å². The summed E-state index contributed by atoms with van der Waals surface area (Å²) in [5, 5.41) is 0. The van der Waals surface area contributed by atoms with Crippen molar-refractivity contribution in [2.45, 2.75) is 57.4 Å². The number of nitrogens with zero attached hydrogens (tertiary/aromatic N) is 1. The number of hydrogen-bond donors (Lipinski definition) is 0. The molecule has 1 unspecified atom stereocenters. The Morgan fingerprint density at radius 3 is 2.62 bits per heavy atom. The smallest absolute Gasteiger partial charge is 0.223 e. The number of hydrogen-bond acceptors (Lipinski definition) is 3. The highest BCUT2D eigenvalue weighted by molar-refractivity contribution is 5.77. The van der Waals surface area contributed by atoms with Gasteiger partial charge in [-0.25, -0.2) is 0 Å². The van der Waals surface area contributed by atoms with Crippen molar-refractivity contribution >= 4 is 5.91 Å². The Labute approximate surface area is 145 Å². The first-order valence-corrected chi connectivity index (χ1v) is 9.24. The van der Waals surface area contributed by atoms with Crippen LogP contribution in [0.15, 0.2) is 18.2 Å². The van der Waals surface area contributed by atoms with E-state index >= 15 is 0 Å². The Morgan fingerprint density at radius 1 is 1.12 bits per heavy atom. The van der Waals surface area contributed by atoms with Gasteiger partial charge in [0.1, 0.15) is 11.5 Å². The Bertz CT molecular complexity index is 566. The zero-order chi connectivity index (χ0) is 16.9. The van der Waals surface area contributed by atoms with E-state index in [1.165, 1.54) is 25.7 Å². The SMILES string of the molecule is COc1ccc(C2CCCN2C(=O)CCC2CCCC2)c(OC)c1. The molecule has 1 aliphatic carbocycles. The first-order chi connectivity index (χ1) is 11.7. The average Bonchev–Trinajstić information content (AvgIpc) is 3.30. The number of carbonyl (C=O) groups excluding carboxylic acids is 1. The van der Waals surface area contributed by atoms with Gasteiger partial charge < -0.3 is 14.4 Å². The molecule has 2 fully saturated rings. The standard InChI is InChI=1S/C20H29NO3/c1-23-16-10-11-17(19(14-16)24-2)18-8-5-13-21(18)20(22)12-9-15-6-3-4-7-15/h10-11,14-15,18H,3-9,12-13H2,1-2H3. The maximum Gasteiger partial charge on any atom is 0.223 e. The quantitative estimate of drug-likeness (QED) is 0.778. The zero-order valence-corrected chi connectivity index (χ0v) is 14.9. The van der Waals surface area contributed by atoms with E-state index in [2.05, 4.69) is 4.90 Å². The Balaban J connectivity index is 1.69. The van der Waals surface area contributed by atoms with E-state index in [0.29, 0.717) is 12.3 Å². The van der Waals surface area contributed by atoms with Gasteiger partial charge in [-0.15, -0.1) is 0 Å². The Kier molecular flexibility index (Phi) is 5.64. The summed E-state index contributed by atoms with van der Waals surface area (Å²) >= 11 is 0. The summed E-state index contributed by atoms with van der Waals surface area (Å²) in [7, 11) is 3.34. The molecule has 0 radical (unpaired) electrons. The Morgan fingerprint density at radius 2 is 1.92 bits per heavy atom. The van der Waals surface area contributed by atoms with Crippen LogP contribution in [0.1, 0.15) is 63.0 Å². The second-order valence-corrected chi connectivity index (χ2v) is 7.04. The van der Waals surface area contributed by atoms with Gasteiger partial charge in [0.2, 0.25) is 5.91 Å². The van der Waals surface area contributed by atoms with Gasteiger partial charge in [-0.1, -0.05) is 25.7 Å². The highest BCUT2D eigenvalue weighted by atomic mass is 16.5. The lowest BCUT2D eigenvalue weighted by Gasteiger charge is -2.27. The van der Waals surface area contributed by atoms with E-state index in [9.17, 15) is 4.79 Å². The molecule has 1 amide bonds. The van der Waals surface area contributed by atoms with Crippen LogP contribution in [0.25, 0.3) is 0 Å². The number of ether oxygens (including phenoxy) is 2. The maximum absolute atomic E-state index is 12.8. The molecule has 1 saturated carbocycles. The number of methoxy groups -OCH3 is 2. The van der Waals surface area contributed by atoms with Crippen molar-refractivity contribution in [3.05, 3.63) is 23.8 Å². The van der Waals surface area contributed by atoms with Crippen LogP contribution in [-0.4, -0.2) is 31.6 Å². The lowest BCUT2D eigenvalue weighted by atomic mass is 10.00. The molecular formula is C20H29NO3. The largest absolute Gasteiger partial charge is 0.497 e. The van der Waals surface area contributed by atoms with Gasteiger partial charge in [-0.2, -0.15) is 0 Å². The average molecular weight is 331 g/mol. The van der Waals surface area contributed by atoms with E-state index in [-0.39, 0.29) is 6.04 Å². The van der Waals surface area contributed by atoms with Crippen LogP contribution in [0.4, 0.5) is 0 Å². The summed E-state index contributed by atoms with van der Waals surface area (Å²) in [4.78, 5) is 14.8. The lowest BCUT2D eigenvalue weighted by Crippen LogP contribution is -2.30. The van der Waals surface area contributed by atoms with Crippen molar-refractivity contribution in [2.75, 3.05) is 20.8 Å². The first-order valence-electron chi connectivity index (χ1n) is 9.24. The molecule has 4 nitrogen and oxygen atoms in total. The third-order valence-corrected chi connectivity index (χ3v) is 5.61. The molecule has 132 valence electrons. The number of likely N-dealkylation sites (tertiary alicyclic amines) is 1. The van der Waals surface area contributed by atoms with Gasteiger partial charge >= 0.3 is 0 Å². The molecule has 1 aromatic carbocycles. The van der Waals surface area contributed by atoms with Gasteiger partial charge in [0.05, 0.1) is 20.3 Å². The number of benzene rings is 1. The van der Waals surface area contributed by atoms with Crippen molar-refractivity contribution in [2.24, 2.45) is 5.92 Å². The maximum atomic E-state index is 12.8. The van der Waals surface area contributed by atoms with Crippen molar-refractivity contribution in [1.29, 1.82) is 0 Å². The van der Waals surface area contributed by atoms with Crippen molar-refractivity contribution in [3.63, 3.8) is 0 Å². The molecule has 0 spiro atoms. The fraction of sp³-hybridized carbons (Fsp3) is 0.650. The number of carbonyl (C=O) groups is 1. The summed E-state index contributed by atoms with van der Waals surface area (Å²) in [5.41, 5.74) is 1.10. The first kappa shape index (κ1) is 17.1. The van der Waals surface area contributed by atoms with Crippen LogP contribution < -0.4 is 9.47 Å². The minimum Gasteiger partial charge on any atom is -0.497 e. The lowest BCUT2D eigenvalue weighted by molar-refractivity contribution is -0.132. The molecule has 4 heteroatoms. The monoisotopic (exact) mass is 331 g/mol. The summed E-state index contributed by atoms with van der Waals surface area (Å²) in [6.07, 6.45) is 9.13. The minimum atomic E-state index is 0.141. The third-order valence-electron chi connectivity index (χ3n) is 5.61. The summed E-state index contributed by atoms with van der Waals surface area (Å²) in [6.45, 7) is 0.864. The molecule has 1 saturated heterocycles. The van der Waals surface area contributed by atoms with Crippen LogP contribution in [0, 0.1) is 5.92 Å². The molecule has 1 atom stereocenters. The van der Waals surface area contributed by atoms with Crippen molar-refractivity contribution < 1.29 is 14.3 Å². The fourth-order valence-corrected chi connectivity index (χ4v) is 4.25. The molecule has 0 bridgehead atoms. The summed E-state index contributed by atoms with van der Waals surface area (Å²) < 4.78 is 10.8. The highest BCUT2D eigenvalue weighted by Gasteiger charge is 2.32. The molecule has 0 aromatic heterocycles. The van der Waals surface area contributed by atoms with Crippen LogP contribution in [0.3, 0.4) is 0 Å². The van der Waals surface area contributed by atoms with Crippen molar-refractivity contribution in [1.82, 2.24) is 4.90 Å². The van der Waals surface area contributed by atoms with Crippen LogP contribution in [0.5, 0.6) is 11.5 Å². The van der Waals surface area contributed by atoms with Gasteiger partial charge in [0, 0.05) is 24.6 Å². The normalized spacial score (nSPS) is 21.2. The van der Waals surface area contributed by atoms with Crippen LogP contribution >= 0.6 is 0 Å². The number of amides is 1. The molecule has 3 rings (SSSR count). The third kappa shape index (κ3) is 3.68. The van der Waals surface area contributed by atoms with E-state index in [0.717, 1.165) is 48.8 Å². The molecule has 1 aromatic rings. The Hall–Kier alpha value is -1.71. The summed E-state index contributed by atoms with van der Waals surface area (Å²) in [5.74, 6) is 2.68. The van der Waals surface area contributed by atoms with Gasteiger partial charge in [0.15, 0.2) is 0 Å². The van der Waals surface area contributed by atoms with E-state index in [1.807, 2.05) is 18.2 Å². The second-order valence-electron chi connectivity index (χ2n) is 7.04.